The minimum atomic E-state index is -1.55. The third-order valence-electron chi connectivity index (χ3n) is 8.64. The number of likely N-dealkylation sites (tertiary alicyclic amines) is 1. The first kappa shape index (κ1) is 27.0. The summed E-state index contributed by atoms with van der Waals surface area (Å²) < 4.78 is 0. The fraction of sp³-hybridized carbons (Fsp3) is 0.229. The largest absolute Gasteiger partial charge is 0.323 e. The van der Waals surface area contributed by atoms with E-state index < -0.39 is 23.4 Å². The second-order valence-corrected chi connectivity index (χ2v) is 11.3. The number of benzene rings is 4. The minimum Gasteiger partial charge on any atom is -0.323 e. The average Bonchev–Trinajstić information content (AvgIpc) is 3.45. The normalized spacial score (nSPS) is 23.0. The van der Waals surface area contributed by atoms with Crippen LogP contribution in [0, 0.1) is 12.8 Å². The smallest absolute Gasteiger partial charge is 0.255 e. The predicted octanol–water partition coefficient (Wildman–Crippen LogP) is 7.40. The lowest BCUT2D eigenvalue weighted by Crippen LogP contribution is -2.56. The van der Waals surface area contributed by atoms with Gasteiger partial charge in [-0.15, -0.1) is 0 Å². The summed E-state index contributed by atoms with van der Waals surface area (Å²) in [6.45, 7) is 3.97. The van der Waals surface area contributed by atoms with Crippen molar-refractivity contribution in [3.05, 3.63) is 136 Å². The molecule has 2 aliphatic heterocycles. The van der Waals surface area contributed by atoms with E-state index in [9.17, 15) is 14.4 Å². The number of hydrogen-bond acceptors (Lipinski definition) is 3. The van der Waals surface area contributed by atoms with Crippen molar-refractivity contribution in [3.63, 3.8) is 0 Å². The molecular weight excluding hydrogens is 532 g/mol. The fourth-order valence-corrected chi connectivity index (χ4v) is 7.08. The lowest BCUT2D eigenvalue weighted by molar-refractivity contribution is -0.127. The van der Waals surface area contributed by atoms with Crippen LogP contribution in [0.5, 0.6) is 0 Å². The Kier molecular flexibility index (Phi) is 7.00. The number of Topliss-reactive ketones (excluding diaryl/α,β-unsaturated/α-hetero) is 1. The maximum Gasteiger partial charge on any atom is 0.255 e. The molecule has 0 radical (unpaired) electrons. The Hall–Kier alpha value is -4.22. The summed E-state index contributed by atoms with van der Waals surface area (Å²) in [4.78, 5) is 45.9. The van der Waals surface area contributed by atoms with Gasteiger partial charge >= 0.3 is 0 Å². The maximum atomic E-state index is 14.8. The molecular formula is C35H31ClN2O3. The van der Waals surface area contributed by atoms with Crippen molar-refractivity contribution >= 4 is 34.9 Å². The van der Waals surface area contributed by atoms with Gasteiger partial charge in [-0.25, -0.2) is 0 Å². The highest BCUT2D eigenvalue weighted by atomic mass is 35.5. The minimum absolute atomic E-state index is 0.168. The summed E-state index contributed by atoms with van der Waals surface area (Å²) in [7, 11) is 0. The summed E-state index contributed by atoms with van der Waals surface area (Å²) in [5, 5.41) is 3.63. The highest BCUT2D eigenvalue weighted by Gasteiger charge is 2.69. The van der Waals surface area contributed by atoms with E-state index in [-0.39, 0.29) is 17.6 Å². The number of fused-ring (bicyclic) bond motifs is 2. The average molecular weight is 563 g/mol. The molecule has 6 heteroatoms. The molecule has 0 bridgehead atoms. The SMILES string of the molecule is CCCC1C(c2ccc(Cl)cc2)C(C(=O)c2ccccc2)C2(C(=O)Nc3ccccc32)N1C(=O)c1ccccc1C. The Morgan fingerprint density at radius 3 is 2.24 bits per heavy atom. The Balaban J connectivity index is 1.69. The summed E-state index contributed by atoms with van der Waals surface area (Å²) >= 11 is 6.30. The van der Waals surface area contributed by atoms with Crippen molar-refractivity contribution in [2.45, 2.75) is 44.2 Å². The van der Waals surface area contributed by atoms with Gasteiger partial charge in [0, 0.05) is 39.4 Å². The lowest BCUT2D eigenvalue weighted by Gasteiger charge is -2.39. The zero-order valence-electron chi connectivity index (χ0n) is 23.0. The first-order valence-electron chi connectivity index (χ1n) is 14.0. The van der Waals surface area contributed by atoms with Crippen molar-refractivity contribution < 1.29 is 14.4 Å². The number of amides is 2. The first-order chi connectivity index (χ1) is 19.9. The molecule has 2 amide bonds. The highest BCUT2D eigenvalue weighted by Crippen LogP contribution is 2.60. The number of ketones is 1. The number of aryl methyl sites for hydroxylation is 1. The van der Waals surface area contributed by atoms with Crippen LogP contribution >= 0.6 is 11.6 Å². The molecule has 2 heterocycles. The van der Waals surface area contributed by atoms with E-state index in [2.05, 4.69) is 12.2 Å². The third-order valence-corrected chi connectivity index (χ3v) is 8.89. The molecule has 4 atom stereocenters. The van der Waals surface area contributed by atoms with E-state index in [1.165, 1.54) is 0 Å². The van der Waals surface area contributed by atoms with Crippen LogP contribution in [0.15, 0.2) is 103 Å². The number of carbonyl (C=O) groups excluding carboxylic acids is 3. The molecule has 4 aromatic carbocycles. The number of hydrogen-bond donors (Lipinski definition) is 1. The van der Waals surface area contributed by atoms with Crippen molar-refractivity contribution in [2.24, 2.45) is 5.92 Å². The molecule has 41 heavy (non-hydrogen) atoms. The Bertz CT molecular complexity index is 1640. The van der Waals surface area contributed by atoms with Crippen molar-refractivity contribution in [3.8, 4) is 0 Å². The van der Waals surface area contributed by atoms with E-state index in [0.717, 1.165) is 17.5 Å². The molecule has 0 saturated carbocycles. The van der Waals surface area contributed by atoms with E-state index in [0.29, 0.717) is 33.8 Å². The van der Waals surface area contributed by atoms with E-state index in [1.807, 2.05) is 91.9 Å². The van der Waals surface area contributed by atoms with Gasteiger partial charge in [0.15, 0.2) is 11.3 Å². The van der Waals surface area contributed by atoms with Gasteiger partial charge in [0.05, 0.1) is 5.92 Å². The number of carbonyl (C=O) groups is 3. The van der Waals surface area contributed by atoms with Gasteiger partial charge in [-0.2, -0.15) is 0 Å². The number of para-hydroxylation sites is 1. The zero-order chi connectivity index (χ0) is 28.7. The molecule has 1 fully saturated rings. The molecule has 2 aliphatic rings. The third kappa shape index (κ3) is 4.18. The van der Waals surface area contributed by atoms with Gasteiger partial charge < -0.3 is 10.2 Å². The van der Waals surface area contributed by atoms with Crippen LogP contribution in [0.1, 0.15) is 63.1 Å². The number of nitrogens with zero attached hydrogens (tertiary/aromatic N) is 1. The highest BCUT2D eigenvalue weighted by molar-refractivity contribution is 6.30. The van der Waals surface area contributed by atoms with Gasteiger partial charge in [-0.3, -0.25) is 14.4 Å². The Morgan fingerprint density at radius 1 is 0.878 bits per heavy atom. The summed E-state index contributed by atoms with van der Waals surface area (Å²) in [6.07, 6.45) is 1.37. The molecule has 206 valence electrons. The van der Waals surface area contributed by atoms with Crippen LogP contribution in [0.3, 0.4) is 0 Å². The summed E-state index contributed by atoms with van der Waals surface area (Å²) in [5.74, 6) is -2.11. The maximum absolute atomic E-state index is 14.8. The number of halogens is 1. The van der Waals surface area contributed by atoms with Gasteiger partial charge in [0.1, 0.15) is 0 Å². The Labute approximate surface area is 245 Å². The number of rotatable bonds is 6. The quantitative estimate of drug-likeness (QED) is 0.249. The molecule has 1 saturated heterocycles. The van der Waals surface area contributed by atoms with Gasteiger partial charge in [0.25, 0.3) is 11.8 Å². The zero-order valence-corrected chi connectivity index (χ0v) is 23.8. The van der Waals surface area contributed by atoms with Crippen molar-refractivity contribution in [2.75, 3.05) is 5.32 Å². The molecule has 4 aromatic rings. The molecule has 0 aliphatic carbocycles. The second-order valence-electron chi connectivity index (χ2n) is 10.9. The summed E-state index contributed by atoms with van der Waals surface area (Å²) in [5.41, 5.74) is 2.44. The van der Waals surface area contributed by atoms with Crippen LogP contribution in [-0.2, 0) is 10.3 Å². The Morgan fingerprint density at radius 2 is 1.54 bits per heavy atom. The van der Waals surface area contributed by atoms with Crippen LogP contribution in [0.4, 0.5) is 5.69 Å². The van der Waals surface area contributed by atoms with Gasteiger partial charge in [-0.05, 0) is 48.7 Å². The molecule has 5 nitrogen and oxygen atoms in total. The predicted molar refractivity (Wildman–Crippen MR) is 161 cm³/mol. The van der Waals surface area contributed by atoms with Gasteiger partial charge in [0.2, 0.25) is 0 Å². The molecule has 1 N–H and O–H groups in total. The number of anilines is 1. The number of nitrogens with one attached hydrogen (secondary N) is 1. The molecule has 4 unspecified atom stereocenters. The van der Waals surface area contributed by atoms with Crippen molar-refractivity contribution in [1.29, 1.82) is 0 Å². The van der Waals surface area contributed by atoms with Crippen LogP contribution in [0.25, 0.3) is 0 Å². The fourth-order valence-electron chi connectivity index (χ4n) is 6.96. The van der Waals surface area contributed by atoms with Crippen LogP contribution in [-0.4, -0.2) is 28.5 Å². The van der Waals surface area contributed by atoms with E-state index >= 15 is 0 Å². The standard InChI is InChI=1S/C35H31ClN2O3/c1-3-11-29-30(23-18-20-25(36)21-19-23)31(32(39)24-13-5-4-6-14-24)35(27-16-9-10-17-28(27)37-34(35)41)38(29)33(40)26-15-8-7-12-22(26)2/h4-10,12-21,29-31H,3,11H2,1-2H3,(H,37,41). The molecule has 1 spiro atoms. The lowest BCUT2D eigenvalue weighted by atomic mass is 9.69. The molecule has 6 rings (SSSR count). The van der Waals surface area contributed by atoms with Crippen molar-refractivity contribution in [1.82, 2.24) is 4.90 Å². The topological polar surface area (TPSA) is 66.5 Å². The summed E-state index contributed by atoms with van der Waals surface area (Å²) in [6, 6.07) is 31.0. The first-order valence-corrected chi connectivity index (χ1v) is 14.4. The van der Waals surface area contributed by atoms with E-state index in [1.54, 1.807) is 23.1 Å². The second kappa shape index (κ2) is 10.6. The van der Waals surface area contributed by atoms with E-state index in [4.69, 9.17) is 11.6 Å². The van der Waals surface area contributed by atoms with Crippen LogP contribution < -0.4 is 5.32 Å². The monoisotopic (exact) mass is 562 g/mol. The van der Waals surface area contributed by atoms with Crippen LogP contribution in [0.2, 0.25) is 5.02 Å². The molecule has 0 aromatic heterocycles. The van der Waals surface area contributed by atoms with Gasteiger partial charge in [-0.1, -0.05) is 104 Å².